The maximum Gasteiger partial charge on any atom is 0.118 e. The lowest BCUT2D eigenvalue weighted by Crippen LogP contribution is -2.10. The largest absolute Gasteiger partial charge is 0.497 e. The molecule has 0 saturated heterocycles. The first-order valence-corrected chi connectivity index (χ1v) is 7.14. The van der Waals surface area contributed by atoms with Gasteiger partial charge in [-0.05, 0) is 42.5 Å². The van der Waals surface area contributed by atoms with Crippen LogP contribution in [0.4, 0.5) is 0 Å². The third kappa shape index (κ3) is 2.99. The lowest BCUT2D eigenvalue weighted by molar-refractivity contribution is 0.415. The maximum atomic E-state index is 5.55. The molecule has 0 aliphatic carbocycles. The van der Waals surface area contributed by atoms with Crippen molar-refractivity contribution in [3.63, 3.8) is 0 Å². The molecule has 22 heavy (non-hydrogen) atoms. The Morgan fingerprint density at radius 2 is 1.86 bits per heavy atom. The third-order valence-electron chi connectivity index (χ3n) is 3.44. The third-order valence-corrected chi connectivity index (χ3v) is 3.44. The maximum absolute atomic E-state index is 5.55. The van der Waals surface area contributed by atoms with E-state index in [2.05, 4.69) is 10.1 Å². The van der Waals surface area contributed by atoms with Gasteiger partial charge in [0.15, 0.2) is 0 Å². The van der Waals surface area contributed by atoms with Crippen LogP contribution in [-0.2, 0) is 6.54 Å². The van der Waals surface area contributed by atoms with E-state index in [1.807, 2.05) is 53.3 Å². The van der Waals surface area contributed by atoms with Gasteiger partial charge in [-0.2, -0.15) is 5.10 Å². The van der Waals surface area contributed by atoms with Crippen molar-refractivity contribution in [2.45, 2.75) is 6.54 Å². The first kappa shape index (κ1) is 14.3. The van der Waals surface area contributed by atoms with Gasteiger partial charge in [-0.25, -0.2) is 0 Å². The van der Waals surface area contributed by atoms with Crippen molar-refractivity contribution < 1.29 is 4.74 Å². The molecule has 0 atom stereocenters. The van der Waals surface area contributed by atoms with Crippen LogP contribution < -0.4 is 10.5 Å². The molecule has 1 aromatic carbocycles. The molecule has 3 rings (SSSR count). The van der Waals surface area contributed by atoms with E-state index in [-0.39, 0.29) is 0 Å². The van der Waals surface area contributed by atoms with Crippen molar-refractivity contribution in [3.8, 4) is 28.3 Å². The summed E-state index contributed by atoms with van der Waals surface area (Å²) in [5, 5.41) is 4.52. The molecule has 3 aromatic rings. The van der Waals surface area contributed by atoms with Crippen molar-refractivity contribution in [3.05, 3.63) is 54.9 Å². The number of benzene rings is 1. The summed E-state index contributed by atoms with van der Waals surface area (Å²) < 4.78 is 7.03. The Morgan fingerprint density at radius 1 is 1.05 bits per heavy atom. The van der Waals surface area contributed by atoms with Gasteiger partial charge in [-0.1, -0.05) is 0 Å². The zero-order chi connectivity index (χ0) is 15.4. The molecule has 0 aliphatic heterocycles. The Labute approximate surface area is 129 Å². The minimum absolute atomic E-state index is 0.578. The highest BCUT2D eigenvalue weighted by atomic mass is 16.5. The monoisotopic (exact) mass is 294 g/mol. The van der Waals surface area contributed by atoms with Crippen molar-refractivity contribution >= 4 is 0 Å². The Hall–Kier alpha value is -2.66. The summed E-state index contributed by atoms with van der Waals surface area (Å²) in [5.74, 6) is 0.834. The Balaban J connectivity index is 1.90. The van der Waals surface area contributed by atoms with Gasteiger partial charge in [-0.15, -0.1) is 0 Å². The predicted octanol–water partition coefficient (Wildman–Crippen LogP) is 2.58. The lowest BCUT2D eigenvalue weighted by atomic mass is 10.1. The summed E-state index contributed by atoms with van der Waals surface area (Å²) in [6.45, 7) is 1.30. The molecule has 2 N–H and O–H groups in total. The fraction of sp³-hybridized carbons (Fsp3) is 0.176. The zero-order valence-electron chi connectivity index (χ0n) is 12.4. The minimum atomic E-state index is 0.578. The second-order valence-electron chi connectivity index (χ2n) is 4.91. The summed E-state index contributed by atoms with van der Waals surface area (Å²) >= 11 is 0. The van der Waals surface area contributed by atoms with Gasteiger partial charge in [0, 0.05) is 30.1 Å². The standard InChI is InChI=1S/C17H18N4O/c1-22-15-4-2-13(3-5-15)17-12-14(6-9-19-17)16-7-10-21(20-16)11-8-18/h2-7,9-10,12H,8,11,18H2,1H3. The van der Waals surface area contributed by atoms with E-state index < -0.39 is 0 Å². The Kier molecular flexibility index (Phi) is 4.16. The smallest absolute Gasteiger partial charge is 0.118 e. The van der Waals surface area contributed by atoms with Gasteiger partial charge in [0.2, 0.25) is 0 Å². The molecule has 0 aliphatic rings. The van der Waals surface area contributed by atoms with Gasteiger partial charge in [0.25, 0.3) is 0 Å². The minimum Gasteiger partial charge on any atom is -0.497 e. The van der Waals surface area contributed by atoms with Crippen LogP contribution in [0.5, 0.6) is 5.75 Å². The van der Waals surface area contributed by atoms with Gasteiger partial charge >= 0.3 is 0 Å². The summed E-state index contributed by atoms with van der Waals surface area (Å²) in [4.78, 5) is 4.44. The molecule has 2 aromatic heterocycles. The zero-order valence-corrected chi connectivity index (χ0v) is 12.4. The van der Waals surface area contributed by atoms with Crippen LogP contribution in [0.1, 0.15) is 0 Å². The van der Waals surface area contributed by atoms with E-state index in [9.17, 15) is 0 Å². The highest BCUT2D eigenvalue weighted by Crippen LogP contribution is 2.24. The molecule has 0 saturated carbocycles. The summed E-state index contributed by atoms with van der Waals surface area (Å²) in [6.07, 6.45) is 3.74. The number of hydrogen-bond donors (Lipinski definition) is 1. The van der Waals surface area contributed by atoms with Crippen molar-refractivity contribution in [1.29, 1.82) is 0 Å². The van der Waals surface area contributed by atoms with Gasteiger partial charge in [0.05, 0.1) is 25.0 Å². The number of nitrogens with zero attached hydrogens (tertiary/aromatic N) is 3. The number of nitrogens with two attached hydrogens (primary N) is 1. The lowest BCUT2D eigenvalue weighted by Gasteiger charge is -2.05. The highest BCUT2D eigenvalue weighted by molar-refractivity contribution is 5.68. The summed E-state index contributed by atoms with van der Waals surface area (Å²) in [7, 11) is 1.66. The molecule has 0 bridgehead atoms. The van der Waals surface area contributed by atoms with E-state index in [1.54, 1.807) is 13.3 Å². The second kappa shape index (κ2) is 6.41. The fourth-order valence-electron chi connectivity index (χ4n) is 2.28. The predicted molar refractivity (Wildman–Crippen MR) is 86.5 cm³/mol. The highest BCUT2D eigenvalue weighted by Gasteiger charge is 2.06. The van der Waals surface area contributed by atoms with Crippen LogP contribution in [0, 0.1) is 0 Å². The number of aromatic nitrogens is 3. The van der Waals surface area contributed by atoms with E-state index in [0.29, 0.717) is 6.54 Å². The van der Waals surface area contributed by atoms with Crippen molar-refractivity contribution in [2.24, 2.45) is 5.73 Å². The molecule has 0 spiro atoms. The van der Waals surface area contributed by atoms with E-state index >= 15 is 0 Å². The number of ether oxygens (including phenoxy) is 1. The summed E-state index contributed by atoms with van der Waals surface area (Å²) in [6, 6.07) is 13.8. The average molecular weight is 294 g/mol. The second-order valence-corrected chi connectivity index (χ2v) is 4.91. The topological polar surface area (TPSA) is 66.0 Å². The average Bonchev–Trinajstić information content (AvgIpc) is 3.04. The molecule has 0 amide bonds. The van der Waals surface area contributed by atoms with E-state index in [1.165, 1.54) is 0 Å². The number of hydrogen-bond acceptors (Lipinski definition) is 4. The molecule has 0 unspecified atom stereocenters. The quantitative estimate of drug-likeness (QED) is 0.785. The van der Waals surface area contributed by atoms with Crippen molar-refractivity contribution in [1.82, 2.24) is 14.8 Å². The van der Waals surface area contributed by atoms with Gasteiger partial charge < -0.3 is 10.5 Å². The molecular formula is C17H18N4O. The van der Waals surface area contributed by atoms with Crippen LogP contribution in [0.25, 0.3) is 22.5 Å². The summed E-state index contributed by atoms with van der Waals surface area (Å²) in [5.41, 5.74) is 9.47. The number of pyridine rings is 1. The first-order chi connectivity index (χ1) is 10.8. The molecule has 2 heterocycles. The van der Waals surface area contributed by atoms with Crippen LogP contribution in [-0.4, -0.2) is 28.4 Å². The SMILES string of the molecule is COc1ccc(-c2cc(-c3ccn(CCN)n3)ccn2)cc1. The molecular weight excluding hydrogens is 276 g/mol. The number of methoxy groups -OCH3 is 1. The van der Waals surface area contributed by atoms with Crippen LogP contribution in [0.3, 0.4) is 0 Å². The molecule has 0 radical (unpaired) electrons. The number of rotatable bonds is 5. The van der Waals surface area contributed by atoms with Crippen LogP contribution in [0.15, 0.2) is 54.9 Å². The van der Waals surface area contributed by atoms with E-state index in [0.717, 1.165) is 34.8 Å². The molecule has 112 valence electrons. The Bertz CT molecular complexity index is 749. The van der Waals surface area contributed by atoms with E-state index in [4.69, 9.17) is 10.5 Å². The molecule has 5 heteroatoms. The van der Waals surface area contributed by atoms with Gasteiger partial charge in [-0.3, -0.25) is 9.67 Å². The fourth-order valence-corrected chi connectivity index (χ4v) is 2.28. The molecule has 0 fully saturated rings. The first-order valence-electron chi connectivity index (χ1n) is 7.14. The normalized spacial score (nSPS) is 10.6. The molecule has 5 nitrogen and oxygen atoms in total. The Morgan fingerprint density at radius 3 is 2.59 bits per heavy atom. The van der Waals surface area contributed by atoms with Crippen molar-refractivity contribution in [2.75, 3.05) is 13.7 Å². The van der Waals surface area contributed by atoms with Gasteiger partial charge in [0.1, 0.15) is 5.75 Å². The van der Waals surface area contributed by atoms with Crippen LogP contribution >= 0.6 is 0 Å². The van der Waals surface area contributed by atoms with Crippen LogP contribution in [0.2, 0.25) is 0 Å².